The molecule has 0 aliphatic heterocycles. The maximum Gasteiger partial charge on any atom is 0.183 e. The minimum atomic E-state index is 0.641. The molecule has 0 radical (unpaired) electrons. The highest BCUT2D eigenvalue weighted by molar-refractivity contribution is 5.65. The minimum absolute atomic E-state index is 0.641. The molecule has 0 aliphatic rings. The monoisotopic (exact) mass is 353 g/mol. The van der Waals surface area contributed by atoms with Gasteiger partial charge in [-0.3, -0.25) is 9.38 Å². The summed E-state index contributed by atoms with van der Waals surface area (Å²) in [6.45, 7) is 0. The van der Waals surface area contributed by atoms with Gasteiger partial charge in [0.25, 0.3) is 0 Å². The van der Waals surface area contributed by atoms with Crippen LogP contribution < -0.4 is 0 Å². The molecule has 6 rings (SSSR count). The van der Waals surface area contributed by atoms with E-state index in [0.717, 1.165) is 33.8 Å². The Kier molecular flexibility index (Phi) is 2.70. The van der Waals surface area contributed by atoms with Gasteiger partial charge in [-0.2, -0.15) is 0 Å². The molecular formula is C18H11N9. The van der Waals surface area contributed by atoms with E-state index >= 15 is 0 Å². The number of pyridine rings is 2. The van der Waals surface area contributed by atoms with Crippen LogP contribution in [0.1, 0.15) is 0 Å². The fourth-order valence-electron chi connectivity index (χ4n) is 3.10. The average molecular weight is 353 g/mol. The molecule has 0 saturated heterocycles. The van der Waals surface area contributed by atoms with E-state index in [4.69, 9.17) is 0 Å². The van der Waals surface area contributed by atoms with Gasteiger partial charge >= 0.3 is 0 Å². The highest BCUT2D eigenvalue weighted by Crippen LogP contribution is 2.21. The Morgan fingerprint density at radius 2 is 1.70 bits per heavy atom. The first kappa shape index (κ1) is 14.1. The van der Waals surface area contributed by atoms with Gasteiger partial charge < -0.3 is 4.40 Å². The minimum Gasteiger partial charge on any atom is -0.304 e. The number of hydrogen-bond acceptors (Lipinski definition) is 6. The number of aromatic nitrogens is 9. The van der Waals surface area contributed by atoms with Crippen LogP contribution >= 0.6 is 0 Å². The first-order chi connectivity index (χ1) is 13.3. The molecule has 0 aliphatic carbocycles. The fraction of sp³-hybridized carbons (Fsp3) is 0. The molecule has 0 spiro atoms. The van der Waals surface area contributed by atoms with Gasteiger partial charge in [0.15, 0.2) is 22.8 Å². The van der Waals surface area contributed by atoms with Crippen LogP contribution in [0.2, 0.25) is 0 Å². The molecule has 0 bridgehead atoms. The zero-order valence-corrected chi connectivity index (χ0v) is 13.9. The molecule has 6 aromatic heterocycles. The van der Waals surface area contributed by atoms with Crippen molar-refractivity contribution in [2.24, 2.45) is 0 Å². The van der Waals surface area contributed by atoms with E-state index in [-0.39, 0.29) is 0 Å². The SMILES string of the molecule is c1cn2cc(-c3ccc4nc(-c5ccc6nncn6c5)nn4c3)nc2cn1. The van der Waals surface area contributed by atoms with Gasteiger partial charge in [-0.15, -0.1) is 15.3 Å². The lowest BCUT2D eigenvalue weighted by Gasteiger charge is -1.97. The Labute approximate surface area is 151 Å². The van der Waals surface area contributed by atoms with E-state index in [1.54, 1.807) is 23.2 Å². The van der Waals surface area contributed by atoms with Crippen molar-refractivity contribution >= 4 is 16.9 Å². The van der Waals surface area contributed by atoms with Crippen molar-refractivity contribution in [3.05, 3.63) is 67.8 Å². The topological polar surface area (TPSA) is 90.6 Å². The van der Waals surface area contributed by atoms with Gasteiger partial charge in [-0.25, -0.2) is 14.5 Å². The van der Waals surface area contributed by atoms with Crippen LogP contribution in [0.25, 0.3) is 39.6 Å². The normalized spacial score (nSPS) is 11.7. The molecule has 9 heteroatoms. The van der Waals surface area contributed by atoms with E-state index in [2.05, 4.69) is 30.2 Å². The van der Waals surface area contributed by atoms with E-state index in [9.17, 15) is 0 Å². The van der Waals surface area contributed by atoms with Gasteiger partial charge in [0.2, 0.25) is 0 Å². The number of rotatable bonds is 2. The molecule has 0 fully saturated rings. The van der Waals surface area contributed by atoms with Crippen LogP contribution in [0.5, 0.6) is 0 Å². The number of imidazole rings is 1. The van der Waals surface area contributed by atoms with Crippen LogP contribution in [-0.4, -0.2) is 43.6 Å². The van der Waals surface area contributed by atoms with E-state index in [0.29, 0.717) is 5.82 Å². The molecule has 0 N–H and O–H groups in total. The summed E-state index contributed by atoms with van der Waals surface area (Å²) in [7, 11) is 0. The zero-order valence-electron chi connectivity index (χ0n) is 13.9. The summed E-state index contributed by atoms with van der Waals surface area (Å²) in [5, 5.41) is 12.5. The summed E-state index contributed by atoms with van der Waals surface area (Å²) in [6, 6.07) is 7.76. The van der Waals surface area contributed by atoms with E-state index in [1.807, 2.05) is 57.9 Å². The summed E-state index contributed by atoms with van der Waals surface area (Å²) in [6.07, 6.45) is 12.8. The summed E-state index contributed by atoms with van der Waals surface area (Å²) in [4.78, 5) is 13.3. The summed E-state index contributed by atoms with van der Waals surface area (Å²) >= 11 is 0. The molecule has 0 unspecified atom stereocenters. The third-order valence-electron chi connectivity index (χ3n) is 4.44. The van der Waals surface area contributed by atoms with Crippen molar-refractivity contribution in [3.8, 4) is 22.6 Å². The molecule has 0 saturated carbocycles. The van der Waals surface area contributed by atoms with Gasteiger partial charge in [-0.05, 0) is 24.3 Å². The Bertz CT molecular complexity index is 1410. The summed E-state index contributed by atoms with van der Waals surface area (Å²) in [5.74, 6) is 0.641. The largest absolute Gasteiger partial charge is 0.304 e. The number of nitrogens with zero attached hydrogens (tertiary/aromatic N) is 9. The van der Waals surface area contributed by atoms with Crippen molar-refractivity contribution in [2.45, 2.75) is 0 Å². The molecule has 0 aromatic carbocycles. The lowest BCUT2D eigenvalue weighted by Crippen LogP contribution is -1.90. The van der Waals surface area contributed by atoms with Gasteiger partial charge in [0.1, 0.15) is 6.33 Å². The highest BCUT2D eigenvalue weighted by Gasteiger charge is 2.10. The lowest BCUT2D eigenvalue weighted by atomic mass is 10.2. The Balaban J connectivity index is 1.46. The second-order valence-corrected chi connectivity index (χ2v) is 6.14. The van der Waals surface area contributed by atoms with Crippen molar-refractivity contribution in [2.75, 3.05) is 0 Å². The number of hydrogen-bond donors (Lipinski definition) is 0. The van der Waals surface area contributed by atoms with Crippen molar-refractivity contribution in [1.82, 2.24) is 43.6 Å². The predicted molar refractivity (Wildman–Crippen MR) is 96.9 cm³/mol. The molecule has 27 heavy (non-hydrogen) atoms. The highest BCUT2D eigenvalue weighted by atomic mass is 15.3. The maximum atomic E-state index is 4.62. The van der Waals surface area contributed by atoms with Gasteiger partial charge in [0, 0.05) is 42.1 Å². The van der Waals surface area contributed by atoms with Gasteiger partial charge in [-0.1, -0.05) is 0 Å². The van der Waals surface area contributed by atoms with Crippen LogP contribution in [0, 0.1) is 0 Å². The Morgan fingerprint density at radius 3 is 2.67 bits per heavy atom. The van der Waals surface area contributed by atoms with Crippen LogP contribution in [0.4, 0.5) is 0 Å². The number of fused-ring (bicyclic) bond motifs is 3. The fourth-order valence-corrected chi connectivity index (χ4v) is 3.10. The molecule has 0 atom stereocenters. The molecule has 9 nitrogen and oxygen atoms in total. The summed E-state index contributed by atoms with van der Waals surface area (Å²) in [5.41, 5.74) is 5.06. The van der Waals surface area contributed by atoms with E-state index < -0.39 is 0 Å². The molecular weight excluding hydrogens is 342 g/mol. The summed E-state index contributed by atoms with van der Waals surface area (Å²) < 4.78 is 5.55. The van der Waals surface area contributed by atoms with E-state index in [1.165, 1.54) is 0 Å². The molecule has 128 valence electrons. The molecule has 0 amide bonds. The maximum absolute atomic E-state index is 4.62. The predicted octanol–water partition coefficient (Wildman–Crippen LogP) is 2.15. The van der Waals surface area contributed by atoms with Crippen molar-refractivity contribution in [3.63, 3.8) is 0 Å². The molecule has 6 aromatic rings. The lowest BCUT2D eigenvalue weighted by molar-refractivity contribution is 0.965. The molecule has 6 heterocycles. The van der Waals surface area contributed by atoms with Gasteiger partial charge in [0.05, 0.1) is 11.9 Å². The second kappa shape index (κ2) is 5.18. The zero-order chi connectivity index (χ0) is 17.8. The quantitative estimate of drug-likeness (QED) is 0.474. The smallest absolute Gasteiger partial charge is 0.183 e. The standard InChI is InChI=1S/C18H11N9/c1-3-15-22-18(13-2-4-16-23-20-11-26(16)8-13)24-27(15)9-12(1)14-10-25-6-5-19-7-17(25)21-14/h1-11H. The third-order valence-corrected chi connectivity index (χ3v) is 4.44. The van der Waals surface area contributed by atoms with Crippen molar-refractivity contribution < 1.29 is 0 Å². The Hall–Kier alpha value is -4.14. The van der Waals surface area contributed by atoms with Crippen molar-refractivity contribution in [1.29, 1.82) is 0 Å². The first-order valence-corrected chi connectivity index (χ1v) is 8.29. The van der Waals surface area contributed by atoms with Crippen LogP contribution in [-0.2, 0) is 0 Å². The first-order valence-electron chi connectivity index (χ1n) is 8.29. The average Bonchev–Trinajstić information content (AvgIpc) is 3.42. The third kappa shape index (κ3) is 2.18. The van der Waals surface area contributed by atoms with Crippen LogP contribution in [0.3, 0.4) is 0 Å². The van der Waals surface area contributed by atoms with Crippen LogP contribution in [0.15, 0.2) is 67.8 Å². The second-order valence-electron chi connectivity index (χ2n) is 6.14. The Morgan fingerprint density at radius 1 is 0.778 bits per heavy atom.